The fourth-order valence-corrected chi connectivity index (χ4v) is 4.71. The van der Waals surface area contributed by atoms with E-state index in [0.29, 0.717) is 22.7 Å². The molecule has 2 N–H and O–H groups in total. The second-order valence-electron chi connectivity index (χ2n) is 7.70. The highest BCUT2D eigenvalue weighted by molar-refractivity contribution is 6.15. The molecule has 1 spiro atoms. The Balaban J connectivity index is 2.05. The van der Waals surface area contributed by atoms with Crippen LogP contribution in [-0.2, 0) is 24.3 Å². The minimum Gasteiger partial charge on any atom is -0.497 e. The number of carbonyl (C=O) groups is 1. The molecule has 0 saturated heterocycles. The van der Waals surface area contributed by atoms with Gasteiger partial charge in [0.25, 0.3) is 5.56 Å². The van der Waals surface area contributed by atoms with Crippen LogP contribution in [0.5, 0.6) is 11.5 Å². The van der Waals surface area contributed by atoms with Crippen LogP contribution in [0.15, 0.2) is 39.9 Å². The molecular formula is C22H19FN4O5. The van der Waals surface area contributed by atoms with Gasteiger partial charge < -0.3 is 20.1 Å². The SMILES string of the molecule is COc1cc2c(c(OC)c1)[C@]1(C(=O)N2)c2cc(F)ccc2Nc2c1c(=O)n(C)c(=O)n2C. The fraction of sp³-hybridized carbons (Fsp3) is 0.227. The summed E-state index contributed by atoms with van der Waals surface area (Å²) < 4.78 is 27.6. The van der Waals surface area contributed by atoms with Crippen molar-refractivity contribution in [3.05, 3.63) is 73.7 Å². The van der Waals surface area contributed by atoms with Crippen LogP contribution in [0.1, 0.15) is 16.7 Å². The molecule has 0 aliphatic carbocycles. The molecule has 0 bridgehead atoms. The number of aromatic nitrogens is 2. The van der Waals surface area contributed by atoms with Crippen molar-refractivity contribution in [2.75, 3.05) is 24.9 Å². The summed E-state index contributed by atoms with van der Waals surface area (Å²) in [7, 11) is 5.73. The third-order valence-electron chi connectivity index (χ3n) is 6.17. The molecule has 0 fully saturated rings. The first kappa shape index (κ1) is 19.9. The van der Waals surface area contributed by atoms with Gasteiger partial charge in [0.05, 0.1) is 25.5 Å². The van der Waals surface area contributed by atoms with E-state index in [1.807, 2.05) is 0 Å². The third kappa shape index (κ3) is 2.23. The molecule has 164 valence electrons. The smallest absolute Gasteiger partial charge is 0.332 e. The largest absolute Gasteiger partial charge is 0.497 e. The van der Waals surface area contributed by atoms with Crippen molar-refractivity contribution >= 4 is 23.1 Å². The lowest BCUT2D eigenvalue weighted by atomic mass is 9.68. The third-order valence-corrected chi connectivity index (χ3v) is 6.17. The van der Waals surface area contributed by atoms with Crippen molar-refractivity contribution in [3.8, 4) is 11.5 Å². The quantitative estimate of drug-likeness (QED) is 0.630. The minimum atomic E-state index is -1.76. The predicted molar refractivity (Wildman–Crippen MR) is 115 cm³/mol. The maximum Gasteiger partial charge on any atom is 0.332 e. The van der Waals surface area contributed by atoms with Gasteiger partial charge in [-0.1, -0.05) is 0 Å². The zero-order valence-corrected chi connectivity index (χ0v) is 17.7. The number of benzene rings is 2. The summed E-state index contributed by atoms with van der Waals surface area (Å²) in [6.45, 7) is 0. The topological polar surface area (TPSA) is 104 Å². The van der Waals surface area contributed by atoms with Gasteiger partial charge in [0, 0.05) is 43.0 Å². The number of fused-ring (bicyclic) bond motifs is 6. The summed E-state index contributed by atoms with van der Waals surface area (Å²) >= 11 is 0. The van der Waals surface area contributed by atoms with Crippen LogP contribution in [0.3, 0.4) is 0 Å². The average Bonchev–Trinajstić information content (AvgIpc) is 3.08. The molecule has 9 nitrogen and oxygen atoms in total. The summed E-state index contributed by atoms with van der Waals surface area (Å²) in [4.78, 5) is 39.9. The van der Waals surface area contributed by atoms with Crippen LogP contribution >= 0.6 is 0 Å². The molecule has 2 aromatic carbocycles. The Bertz CT molecular complexity index is 1460. The van der Waals surface area contributed by atoms with Crippen molar-refractivity contribution in [2.24, 2.45) is 14.1 Å². The number of rotatable bonds is 2. The Morgan fingerprint density at radius 2 is 1.66 bits per heavy atom. The van der Waals surface area contributed by atoms with Gasteiger partial charge in [-0.05, 0) is 18.2 Å². The highest BCUT2D eigenvalue weighted by atomic mass is 19.1. The molecule has 2 aliphatic rings. The van der Waals surface area contributed by atoms with Gasteiger partial charge in [-0.15, -0.1) is 0 Å². The molecule has 10 heteroatoms. The molecule has 0 radical (unpaired) electrons. The predicted octanol–water partition coefficient (Wildman–Crippen LogP) is 1.58. The number of nitrogens with one attached hydrogen (secondary N) is 2. The molecule has 5 rings (SSSR count). The number of methoxy groups -OCH3 is 2. The van der Waals surface area contributed by atoms with E-state index >= 15 is 0 Å². The zero-order valence-electron chi connectivity index (χ0n) is 17.7. The Morgan fingerprint density at radius 3 is 2.34 bits per heavy atom. The number of hydrogen-bond donors (Lipinski definition) is 2. The maximum absolute atomic E-state index is 14.5. The lowest BCUT2D eigenvalue weighted by Crippen LogP contribution is -2.50. The van der Waals surface area contributed by atoms with Crippen LogP contribution < -0.4 is 31.4 Å². The number of nitrogens with zero attached hydrogens (tertiary/aromatic N) is 2. The number of hydrogen-bond acceptors (Lipinski definition) is 6. The van der Waals surface area contributed by atoms with Gasteiger partial charge >= 0.3 is 5.69 Å². The van der Waals surface area contributed by atoms with E-state index in [2.05, 4.69) is 10.6 Å². The molecule has 1 amide bonds. The second kappa shape index (κ2) is 6.46. The van der Waals surface area contributed by atoms with E-state index in [1.54, 1.807) is 12.1 Å². The van der Waals surface area contributed by atoms with Gasteiger partial charge in [0.15, 0.2) is 0 Å². The number of amides is 1. The summed E-state index contributed by atoms with van der Waals surface area (Å²) in [5.41, 5.74) is -1.66. The van der Waals surface area contributed by atoms with Crippen LogP contribution in [-0.4, -0.2) is 29.3 Å². The van der Waals surface area contributed by atoms with Crippen molar-refractivity contribution in [3.63, 3.8) is 0 Å². The molecule has 3 heterocycles. The lowest BCUT2D eigenvalue weighted by Gasteiger charge is -2.37. The zero-order chi connectivity index (χ0) is 22.9. The van der Waals surface area contributed by atoms with Gasteiger partial charge in [-0.2, -0.15) is 0 Å². The first-order valence-corrected chi connectivity index (χ1v) is 9.71. The summed E-state index contributed by atoms with van der Waals surface area (Å²) in [5.74, 6) is -0.289. The van der Waals surface area contributed by atoms with Crippen molar-refractivity contribution in [1.82, 2.24) is 9.13 Å². The first-order valence-electron chi connectivity index (χ1n) is 9.71. The van der Waals surface area contributed by atoms with Crippen molar-refractivity contribution in [2.45, 2.75) is 5.41 Å². The Hall–Kier alpha value is -4.08. The maximum atomic E-state index is 14.5. The Morgan fingerprint density at radius 1 is 0.906 bits per heavy atom. The molecule has 3 aromatic rings. The Labute approximate surface area is 181 Å². The Kier molecular flexibility index (Phi) is 4.01. The normalized spacial score (nSPS) is 17.8. The molecule has 0 saturated carbocycles. The summed E-state index contributed by atoms with van der Waals surface area (Å²) in [6, 6.07) is 7.13. The standard InChI is InChI=1S/C22H19FN4O5/c1-26-18-17(19(28)27(2)21(26)30)22(12-7-10(23)5-6-13(12)24-18)16-14(25-20(22)29)8-11(31-3)9-15(16)32-4/h5-9,24H,1-4H3,(H,25,29)/t22-/m1/s1. The van der Waals surface area contributed by atoms with Crippen LogP contribution in [0.4, 0.5) is 21.6 Å². The number of carbonyl (C=O) groups excluding carboxylic acids is 1. The number of ether oxygens (including phenoxy) is 2. The van der Waals surface area contributed by atoms with Gasteiger partial charge in [0.2, 0.25) is 5.91 Å². The number of halogens is 1. The summed E-state index contributed by atoms with van der Waals surface area (Å²) in [5, 5.41) is 5.85. The number of anilines is 3. The van der Waals surface area contributed by atoms with Crippen LogP contribution in [0.2, 0.25) is 0 Å². The first-order chi connectivity index (χ1) is 15.2. The van der Waals surface area contributed by atoms with E-state index in [9.17, 15) is 18.8 Å². The average molecular weight is 438 g/mol. The van der Waals surface area contributed by atoms with E-state index in [0.717, 1.165) is 4.57 Å². The summed E-state index contributed by atoms with van der Waals surface area (Å²) in [6.07, 6.45) is 0. The van der Waals surface area contributed by atoms with Crippen LogP contribution in [0, 0.1) is 5.82 Å². The van der Waals surface area contributed by atoms with Crippen molar-refractivity contribution in [1.29, 1.82) is 0 Å². The molecule has 32 heavy (non-hydrogen) atoms. The van der Waals surface area contributed by atoms with Crippen molar-refractivity contribution < 1.29 is 18.7 Å². The second-order valence-corrected chi connectivity index (χ2v) is 7.70. The molecular weight excluding hydrogens is 419 g/mol. The van der Waals surface area contributed by atoms with E-state index in [4.69, 9.17) is 9.47 Å². The van der Waals surface area contributed by atoms with E-state index in [1.165, 1.54) is 51.1 Å². The lowest BCUT2D eigenvalue weighted by molar-refractivity contribution is -0.118. The van der Waals surface area contributed by atoms with Gasteiger partial charge in [-0.25, -0.2) is 9.18 Å². The molecule has 1 atom stereocenters. The van der Waals surface area contributed by atoms with Gasteiger partial charge in [-0.3, -0.25) is 18.7 Å². The monoisotopic (exact) mass is 438 g/mol. The van der Waals surface area contributed by atoms with E-state index < -0.39 is 28.4 Å². The molecule has 0 unspecified atom stereocenters. The molecule has 2 aliphatic heterocycles. The highest BCUT2D eigenvalue weighted by Crippen LogP contribution is 2.57. The van der Waals surface area contributed by atoms with E-state index in [-0.39, 0.29) is 22.7 Å². The van der Waals surface area contributed by atoms with Gasteiger partial charge in [0.1, 0.15) is 28.5 Å². The fourth-order valence-electron chi connectivity index (χ4n) is 4.71. The van der Waals surface area contributed by atoms with Crippen LogP contribution in [0.25, 0.3) is 0 Å². The highest BCUT2D eigenvalue weighted by Gasteiger charge is 2.58. The minimum absolute atomic E-state index is 0.0000770. The molecule has 1 aromatic heterocycles.